The molecule has 0 bridgehead atoms. The lowest BCUT2D eigenvalue weighted by Crippen LogP contribution is -2.30. The van der Waals surface area contributed by atoms with Crippen LogP contribution in [0.15, 0.2) is 72.9 Å². The molecule has 0 saturated heterocycles. The molecule has 0 saturated carbocycles. The monoisotopic (exact) mass is 620 g/mol. The number of ether oxygens (including phenoxy) is 1. The predicted molar refractivity (Wildman–Crippen MR) is 136 cm³/mol. The number of aryl methyl sites for hydroxylation is 1. The maximum atomic E-state index is 13.0. The Morgan fingerprint density at radius 2 is 1.37 bits per heavy atom. The van der Waals surface area contributed by atoms with Crippen LogP contribution in [-0.4, -0.2) is 20.0 Å². The van der Waals surface area contributed by atoms with E-state index < -0.39 is 16.0 Å². The molecule has 0 amide bonds. The minimum atomic E-state index is -4.08. The molecule has 0 N–H and O–H groups in total. The number of benzene rings is 2. The van der Waals surface area contributed by atoms with Crippen molar-refractivity contribution in [1.29, 1.82) is 0 Å². The van der Waals surface area contributed by atoms with E-state index in [4.69, 9.17) is 8.92 Å². The molecule has 35 heavy (non-hydrogen) atoms. The van der Waals surface area contributed by atoms with Gasteiger partial charge >= 0.3 is 10.1 Å². The first-order chi connectivity index (χ1) is 16.7. The van der Waals surface area contributed by atoms with Gasteiger partial charge in [-0.05, 0) is 81.5 Å². The van der Waals surface area contributed by atoms with Gasteiger partial charge in [0.05, 0.1) is 8.95 Å². The molecule has 1 heterocycles. The van der Waals surface area contributed by atoms with Gasteiger partial charge in [-0.15, -0.1) is 0 Å². The van der Waals surface area contributed by atoms with Crippen LogP contribution in [0.5, 0.6) is 5.75 Å². The second-order valence-electron chi connectivity index (χ2n) is 8.93. The normalized spacial score (nSPS) is 18.8. The average molecular weight is 622 g/mol. The molecule has 0 unspecified atom stereocenters. The quantitative estimate of drug-likeness (QED) is 0.366. The third kappa shape index (κ3) is 4.54. The molecule has 0 atom stereocenters. The van der Waals surface area contributed by atoms with E-state index in [2.05, 4.69) is 31.9 Å². The van der Waals surface area contributed by atoms with E-state index in [0.717, 1.165) is 18.4 Å². The van der Waals surface area contributed by atoms with Crippen LogP contribution in [0.4, 0.5) is 0 Å². The van der Waals surface area contributed by atoms with Gasteiger partial charge in [0.25, 0.3) is 0 Å². The third-order valence-corrected chi connectivity index (χ3v) is 8.91. The highest BCUT2D eigenvalue weighted by molar-refractivity contribution is 9.11. The van der Waals surface area contributed by atoms with E-state index in [9.17, 15) is 18.0 Å². The van der Waals surface area contributed by atoms with E-state index in [1.54, 1.807) is 24.3 Å². The van der Waals surface area contributed by atoms with E-state index in [1.807, 2.05) is 6.92 Å². The number of hydrogen-bond acceptors (Lipinski definition) is 6. The minimum Gasteiger partial charge on any atom is -0.465 e. The molecule has 2 aromatic carbocycles. The van der Waals surface area contributed by atoms with Crippen molar-refractivity contribution in [1.82, 2.24) is 0 Å². The van der Waals surface area contributed by atoms with Crippen molar-refractivity contribution < 1.29 is 26.9 Å². The van der Waals surface area contributed by atoms with Crippen molar-refractivity contribution in [2.24, 2.45) is 0 Å². The lowest BCUT2D eigenvalue weighted by molar-refractivity contribution is -0.117. The van der Waals surface area contributed by atoms with Gasteiger partial charge in [0, 0.05) is 42.7 Å². The smallest absolute Gasteiger partial charge is 0.339 e. The van der Waals surface area contributed by atoms with Gasteiger partial charge in [-0.3, -0.25) is 9.59 Å². The standard InChI is InChI=1S/C26H22Br2O6S/c1-14-8-10-16(11-9-14)35(31,32)34-26-17(27)12-15(13-18(26)28)23-24-19(29)4-2-6-21(24)33-22-7-3-5-20(30)25(22)23/h8-13,23H,2-7H2,1H3. The van der Waals surface area contributed by atoms with E-state index in [-0.39, 0.29) is 22.2 Å². The van der Waals surface area contributed by atoms with Crippen LogP contribution < -0.4 is 4.18 Å². The van der Waals surface area contributed by atoms with Crippen LogP contribution in [0.1, 0.15) is 55.6 Å². The molecule has 3 aliphatic rings. The van der Waals surface area contributed by atoms with Crippen LogP contribution >= 0.6 is 31.9 Å². The van der Waals surface area contributed by atoms with Gasteiger partial charge < -0.3 is 8.92 Å². The molecule has 0 fully saturated rings. The number of hydrogen-bond donors (Lipinski definition) is 0. The summed E-state index contributed by atoms with van der Waals surface area (Å²) in [5.74, 6) is 0.800. The third-order valence-electron chi connectivity index (χ3n) is 6.50. The number of allylic oxidation sites excluding steroid dienone is 4. The van der Waals surface area contributed by atoms with E-state index >= 15 is 0 Å². The second kappa shape index (κ2) is 9.33. The Morgan fingerprint density at radius 1 is 0.857 bits per heavy atom. The van der Waals surface area contributed by atoms with Crippen LogP contribution in [-0.2, 0) is 24.4 Å². The molecule has 2 aromatic rings. The van der Waals surface area contributed by atoms with Crippen molar-refractivity contribution in [3.05, 3.63) is 79.1 Å². The molecule has 0 radical (unpaired) electrons. The Morgan fingerprint density at radius 3 is 1.89 bits per heavy atom. The zero-order valence-corrected chi connectivity index (χ0v) is 22.9. The zero-order chi connectivity index (χ0) is 24.9. The first-order valence-corrected chi connectivity index (χ1v) is 14.4. The van der Waals surface area contributed by atoms with Gasteiger partial charge in [-0.1, -0.05) is 17.7 Å². The van der Waals surface area contributed by atoms with Gasteiger partial charge in [-0.2, -0.15) is 8.42 Å². The summed E-state index contributed by atoms with van der Waals surface area (Å²) in [6.45, 7) is 1.87. The van der Waals surface area contributed by atoms with Crippen molar-refractivity contribution in [2.45, 2.75) is 56.3 Å². The Bertz CT molecular complexity index is 1360. The highest BCUT2D eigenvalue weighted by Gasteiger charge is 2.42. The van der Waals surface area contributed by atoms with Gasteiger partial charge in [0.15, 0.2) is 17.3 Å². The summed E-state index contributed by atoms with van der Waals surface area (Å²) in [5, 5.41) is 0. The number of carbonyl (C=O) groups is 2. The first kappa shape index (κ1) is 24.5. The molecule has 182 valence electrons. The molecule has 6 nitrogen and oxygen atoms in total. The topological polar surface area (TPSA) is 86.7 Å². The lowest BCUT2D eigenvalue weighted by atomic mass is 9.73. The molecule has 0 spiro atoms. The first-order valence-electron chi connectivity index (χ1n) is 11.4. The predicted octanol–water partition coefficient (Wildman–Crippen LogP) is 6.42. The summed E-state index contributed by atoms with van der Waals surface area (Å²) in [4.78, 5) is 26.0. The van der Waals surface area contributed by atoms with Crippen molar-refractivity contribution in [2.75, 3.05) is 0 Å². The fourth-order valence-corrected chi connectivity index (χ4v) is 7.40. The highest BCUT2D eigenvalue weighted by atomic mass is 79.9. The number of ketones is 2. The van der Waals surface area contributed by atoms with E-state index in [0.29, 0.717) is 62.9 Å². The zero-order valence-electron chi connectivity index (χ0n) is 18.9. The SMILES string of the molecule is Cc1ccc(S(=O)(=O)Oc2c(Br)cc(C3C4=C(CCCC4=O)OC4=C3C(=O)CCC4)cc2Br)cc1. The summed E-state index contributed by atoms with van der Waals surface area (Å²) in [7, 11) is -4.08. The summed E-state index contributed by atoms with van der Waals surface area (Å²) in [6, 6.07) is 9.84. The summed E-state index contributed by atoms with van der Waals surface area (Å²) >= 11 is 6.91. The van der Waals surface area contributed by atoms with Crippen LogP contribution in [0.2, 0.25) is 0 Å². The van der Waals surface area contributed by atoms with Crippen molar-refractivity contribution >= 4 is 53.5 Å². The molecule has 0 aromatic heterocycles. The Hall–Kier alpha value is -2.23. The maximum absolute atomic E-state index is 13.0. The largest absolute Gasteiger partial charge is 0.465 e. The van der Waals surface area contributed by atoms with Gasteiger partial charge in [0.1, 0.15) is 16.4 Å². The second-order valence-corrected chi connectivity index (χ2v) is 12.2. The number of halogens is 2. The molecular weight excluding hydrogens is 600 g/mol. The Kier molecular flexibility index (Phi) is 6.52. The number of Topliss-reactive ketones (excluding diaryl/α,β-unsaturated/α-hetero) is 2. The number of carbonyl (C=O) groups excluding carboxylic acids is 2. The summed E-state index contributed by atoms with van der Waals surface area (Å²) < 4.78 is 38.1. The summed E-state index contributed by atoms with van der Waals surface area (Å²) in [6.07, 6.45) is 3.57. The van der Waals surface area contributed by atoms with Crippen LogP contribution in [0, 0.1) is 6.92 Å². The fraction of sp³-hybridized carbons (Fsp3) is 0.308. The van der Waals surface area contributed by atoms with E-state index in [1.165, 1.54) is 12.1 Å². The molecule has 5 rings (SSSR count). The maximum Gasteiger partial charge on any atom is 0.339 e. The van der Waals surface area contributed by atoms with Gasteiger partial charge in [0.2, 0.25) is 0 Å². The fourth-order valence-electron chi connectivity index (χ4n) is 4.84. The molecule has 9 heteroatoms. The van der Waals surface area contributed by atoms with Gasteiger partial charge in [-0.25, -0.2) is 0 Å². The Labute approximate surface area is 220 Å². The lowest BCUT2D eigenvalue weighted by Gasteiger charge is -2.36. The van der Waals surface area contributed by atoms with Crippen LogP contribution in [0.3, 0.4) is 0 Å². The minimum absolute atomic E-state index is 0.0179. The van der Waals surface area contributed by atoms with Crippen molar-refractivity contribution in [3.63, 3.8) is 0 Å². The molecule has 2 aliphatic carbocycles. The average Bonchev–Trinajstić information content (AvgIpc) is 2.81. The van der Waals surface area contributed by atoms with Crippen molar-refractivity contribution in [3.8, 4) is 5.75 Å². The summed E-state index contributed by atoms with van der Waals surface area (Å²) in [5.41, 5.74) is 2.69. The highest BCUT2D eigenvalue weighted by Crippen LogP contribution is 2.49. The molecule has 1 aliphatic heterocycles. The Balaban J connectivity index is 1.58. The molecular formula is C26H22Br2O6S. The number of rotatable bonds is 4. The van der Waals surface area contributed by atoms with Crippen LogP contribution in [0.25, 0.3) is 0 Å².